The molecule has 166 valence electrons. The van der Waals surface area contributed by atoms with Gasteiger partial charge in [-0.3, -0.25) is 9.69 Å². The van der Waals surface area contributed by atoms with Crippen LogP contribution in [-0.2, 0) is 21.6 Å². The Morgan fingerprint density at radius 1 is 1.03 bits per heavy atom. The number of hydrogen-bond acceptors (Lipinski definition) is 8. The fourth-order valence-corrected chi connectivity index (χ4v) is 5.96. The predicted octanol–water partition coefficient (Wildman–Crippen LogP) is -0.0696. The van der Waals surface area contributed by atoms with Gasteiger partial charge in [0, 0.05) is 39.3 Å². The van der Waals surface area contributed by atoms with E-state index in [0.29, 0.717) is 56.1 Å². The Balaban J connectivity index is 1.43. The number of ether oxygens (including phenoxy) is 1. The van der Waals surface area contributed by atoms with Gasteiger partial charge in [-0.25, -0.2) is 4.68 Å². The van der Waals surface area contributed by atoms with E-state index in [1.807, 2.05) is 25.7 Å². The van der Waals surface area contributed by atoms with Crippen LogP contribution in [0.3, 0.4) is 0 Å². The van der Waals surface area contributed by atoms with E-state index in [-0.39, 0.29) is 30.0 Å². The van der Waals surface area contributed by atoms with Crippen molar-refractivity contribution in [1.82, 2.24) is 28.4 Å². The van der Waals surface area contributed by atoms with E-state index < -0.39 is 10.2 Å². The third kappa shape index (κ3) is 3.89. The van der Waals surface area contributed by atoms with Gasteiger partial charge in [0.05, 0.1) is 30.0 Å². The summed E-state index contributed by atoms with van der Waals surface area (Å²) in [6.45, 7) is 10.1. The molecule has 4 rings (SSSR count). The molecule has 2 aromatic heterocycles. The van der Waals surface area contributed by atoms with Crippen LogP contribution in [0.15, 0.2) is 9.32 Å². The first-order valence-corrected chi connectivity index (χ1v) is 11.5. The molecule has 2 fully saturated rings. The topological polar surface area (TPSA) is 114 Å². The largest absolute Gasteiger partial charge is 0.373 e. The lowest BCUT2D eigenvalue weighted by molar-refractivity contribution is -0.0458. The summed E-state index contributed by atoms with van der Waals surface area (Å²) in [6.07, 6.45) is -0.248. The monoisotopic (exact) mass is 440 g/mol. The molecule has 0 bridgehead atoms. The van der Waals surface area contributed by atoms with Crippen molar-refractivity contribution in [3.63, 3.8) is 0 Å². The summed E-state index contributed by atoms with van der Waals surface area (Å²) >= 11 is 0. The maximum Gasteiger partial charge on any atom is 0.298 e. The molecule has 30 heavy (non-hydrogen) atoms. The summed E-state index contributed by atoms with van der Waals surface area (Å²) in [7, 11) is -3.53. The second-order valence-corrected chi connectivity index (χ2v) is 10.0. The second-order valence-electron chi connectivity index (χ2n) is 8.09. The van der Waals surface area contributed by atoms with Gasteiger partial charge >= 0.3 is 0 Å². The van der Waals surface area contributed by atoms with E-state index in [1.54, 1.807) is 6.92 Å². The average Bonchev–Trinajstić information content (AvgIpc) is 3.08. The lowest BCUT2D eigenvalue weighted by atomic mass is 10.2. The molecule has 4 heterocycles. The van der Waals surface area contributed by atoms with Gasteiger partial charge in [-0.15, -0.1) is 0 Å². The Morgan fingerprint density at radius 3 is 2.30 bits per heavy atom. The van der Waals surface area contributed by atoms with Gasteiger partial charge in [0.2, 0.25) is 0 Å². The third-order valence-electron chi connectivity index (χ3n) is 5.64. The molecule has 2 atom stereocenters. The molecule has 0 N–H and O–H groups in total. The first-order chi connectivity index (χ1) is 14.2. The summed E-state index contributed by atoms with van der Waals surface area (Å²) in [5.41, 5.74) is 0.649. The molecule has 0 amide bonds. The first kappa shape index (κ1) is 21.4. The smallest absolute Gasteiger partial charge is 0.298 e. The Labute approximate surface area is 175 Å². The number of nitrogens with zero attached hydrogens (tertiary/aromatic N) is 6. The Hall–Kier alpha value is -1.86. The summed E-state index contributed by atoms with van der Waals surface area (Å²) in [5.74, 6) is 0.574. The van der Waals surface area contributed by atoms with Crippen LogP contribution in [0.25, 0.3) is 10.9 Å². The summed E-state index contributed by atoms with van der Waals surface area (Å²) in [4.78, 5) is 14.7. The zero-order valence-corrected chi connectivity index (χ0v) is 18.6. The summed E-state index contributed by atoms with van der Waals surface area (Å²) in [5, 5.41) is 8.92. The van der Waals surface area contributed by atoms with E-state index in [1.165, 1.54) is 13.3 Å². The molecule has 2 aromatic rings. The van der Waals surface area contributed by atoms with Crippen LogP contribution in [0.2, 0.25) is 0 Å². The fourth-order valence-electron chi connectivity index (χ4n) is 4.21. The highest BCUT2D eigenvalue weighted by Gasteiger charge is 2.36. The van der Waals surface area contributed by atoms with E-state index in [0.717, 1.165) is 0 Å². The van der Waals surface area contributed by atoms with Gasteiger partial charge in [-0.1, -0.05) is 5.16 Å². The molecule has 0 radical (unpaired) electrons. The van der Waals surface area contributed by atoms with Crippen molar-refractivity contribution in [3.8, 4) is 0 Å². The van der Waals surface area contributed by atoms with Crippen LogP contribution in [0, 0.1) is 13.8 Å². The van der Waals surface area contributed by atoms with E-state index in [4.69, 9.17) is 9.26 Å². The lowest BCUT2D eigenvalue weighted by Crippen LogP contribution is -2.57. The number of aromatic nitrogens is 3. The highest BCUT2D eigenvalue weighted by Crippen LogP contribution is 2.20. The third-order valence-corrected chi connectivity index (χ3v) is 7.60. The maximum atomic E-state index is 13.0. The molecule has 2 aliphatic heterocycles. The zero-order chi connectivity index (χ0) is 21.6. The molecule has 2 aliphatic rings. The van der Waals surface area contributed by atoms with Crippen molar-refractivity contribution in [1.29, 1.82) is 0 Å². The SMILES string of the molecule is Cc1nn(CN2CCN(S(=O)(=O)N3CC(C)OC(C)C3)CC2)c(=O)c2noc(C)c12. The van der Waals surface area contributed by atoms with Gasteiger partial charge in [0.15, 0.2) is 5.52 Å². The van der Waals surface area contributed by atoms with Crippen LogP contribution in [0.1, 0.15) is 25.3 Å². The van der Waals surface area contributed by atoms with Crippen molar-refractivity contribution in [2.45, 2.75) is 46.6 Å². The van der Waals surface area contributed by atoms with Crippen molar-refractivity contribution in [2.24, 2.45) is 0 Å². The normalized spacial score (nSPS) is 25.2. The van der Waals surface area contributed by atoms with Gasteiger partial charge in [0.1, 0.15) is 5.76 Å². The summed E-state index contributed by atoms with van der Waals surface area (Å²) < 4.78 is 41.3. The van der Waals surface area contributed by atoms with Crippen molar-refractivity contribution in [2.75, 3.05) is 39.3 Å². The minimum absolute atomic E-state index is 0.124. The minimum Gasteiger partial charge on any atom is -0.373 e. The predicted molar refractivity (Wildman–Crippen MR) is 109 cm³/mol. The quantitative estimate of drug-likeness (QED) is 0.649. The molecule has 0 aliphatic carbocycles. The van der Waals surface area contributed by atoms with E-state index in [2.05, 4.69) is 10.3 Å². The number of piperazine rings is 1. The Morgan fingerprint density at radius 2 is 1.67 bits per heavy atom. The molecule has 11 nitrogen and oxygen atoms in total. The second kappa shape index (κ2) is 8.00. The van der Waals surface area contributed by atoms with Crippen LogP contribution in [0.4, 0.5) is 0 Å². The van der Waals surface area contributed by atoms with E-state index in [9.17, 15) is 13.2 Å². The standard InChI is InChI=1S/C18H28N6O5S/c1-12-9-23(10-13(2)28-12)30(26,27)22-7-5-21(6-8-22)11-24-18(25)17-16(14(3)19-24)15(4)29-20-17/h12-13H,5-11H2,1-4H3. The number of hydrogen-bond donors (Lipinski definition) is 0. The van der Waals surface area contributed by atoms with Gasteiger partial charge < -0.3 is 9.26 Å². The van der Waals surface area contributed by atoms with Crippen LogP contribution in [0.5, 0.6) is 0 Å². The molecule has 12 heteroatoms. The van der Waals surface area contributed by atoms with Crippen molar-refractivity contribution in [3.05, 3.63) is 21.8 Å². The molecule has 0 aromatic carbocycles. The van der Waals surface area contributed by atoms with Crippen LogP contribution in [-0.4, -0.2) is 88.3 Å². The van der Waals surface area contributed by atoms with Crippen molar-refractivity contribution < 1.29 is 17.7 Å². The Kier molecular flexibility index (Phi) is 5.70. The number of morpholine rings is 1. The molecule has 2 unspecified atom stereocenters. The average molecular weight is 441 g/mol. The molecular formula is C18H28N6O5S. The zero-order valence-electron chi connectivity index (χ0n) is 17.7. The molecule has 0 saturated carbocycles. The highest BCUT2D eigenvalue weighted by molar-refractivity contribution is 7.86. The maximum absolute atomic E-state index is 13.0. The molecule has 2 saturated heterocycles. The Bertz CT molecular complexity index is 1080. The van der Waals surface area contributed by atoms with Gasteiger partial charge in [-0.2, -0.15) is 22.1 Å². The van der Waals surface area contributed by atoms with Crippen LogP contribution >= 0.6 is 0 Å². The lowest BCUT2D eigenvalue weighted by Gasteiger charge is -2.40. The first-order valence-electron chi connectivity index (χ1n) is 10.1. The molecule has 0 spiro atoms. The highest BCUT2D eigenvalue weighted by atomic mass is 32.2. The molecular weight excluding hydrogens is 412 g/mol. The van der Waals surface area contributed by atoms with Gasteiger partial charge in [-0.05, 0) is 27.7 Å². The summed E-state index contributed by atoms with van der Waals surface area (Å²) in [6, 6.07) is 0. The minimum atomic E-state index is -3.53. The number of fused-ring (bicyclic) bond motifs is 1. The fraction of sp³-hybridized carbons (Fsp3) is 0.722. The van der Waals surface area contributed by atoms with Gasteiger partial charge in [0.25, 0.3) is 15.8 Å². The number of rotatable bonds is 4. The van der Waals surface area contributed by atoms with Crippen molar-refractivity contribution >= 4 is 21.1 Å². The van der Waals surface area contributed by atoms with Crippen LogP contribution < -0.4 is 5.56 Å². The van der Waals surface area contributed by atoms with E-state index >= 15 is 0 Å². The number of aryl methyl sites for hydroxylation is 2.